The maximum absolute atomic E-state index is 9.40. The molecule has 0 spiro atoms. The van der Waals surface area contributed by atoms with Gasteiger partial charge < -0.3 is 10.8 Å². The molecular weight excluding hydrogens is 186 g/mol. The van der Waals surface area contributed by atoms with Gasteiger partial charge in [0.15, 0.2) is 0 Å². The molecular formula is C10H12ClNO. The van der Waals surface area contributed by atoms with E-state index >= 15 is 0 Å². The molecule has 70 valence electrons. The second kappa shape index (κ2) is 2.63. The Kier molecular flexibility index (Phi) is 1.79. The van der Waals surface area contributed by atoms with E-state index < -0.39 is 0 Å². The van der Waals surface area contributed by atoms with Crippen molar-refractivity contribution in [2.24, 2.45) is 5.73 Å². The lowest BCUT2D eigenvalue weighted by atomic mass is 10.0. The van der Waals surface area contributed by atoms with Crippen LogP contribution in [-0.2, 0) is 5.54 Å². The Morgan fingerprint density at radius 2 is 2.08 bits per heavy atom. The lowest BCUT2D eigenvalue weighted by Gasteiger charge is -2.13. The molecule has 0 saturated heterocycles. The number of hydrogen-bond acceptors (Lipinski definition) is 2. The number of hydrogen-bond donors (Lipinski definition) is 2. The van der Waals surface area contributed by atoms with Gasteiger partial charge in [0.1, 0.15) is 5.75 Å². The first-order chi connectivity index (χ1) is 6.03. The van der Waals surface area contributed by atoms with Crippen LogP contribution < -0.4 is 5.73 Å². The first-order valence-corrected chi connectivity index (χ1v) is 4.69. The van der Waals surface area contributed by atoms with Gasteiger partial charge in [0.25, 0.3) is 0 Å². The Balaban J connectivity index is 2.56. The summed E-state index contributed by atoms with van der Waals surface area (Å²) in [5.41, 5.74) is 7.50. The second-order valence-corrected chi connectivity index (χ2v) is 4.16. The smallest absolute Gasteiger partial charge is 0.116 e. The number of rotatable bonds is 1. The van der Waals surface area contributed by atoms with Crippen LogP contribution >= 0.6 is 11.6 Å². The minimum atomic E-state index is -0.277. The van der Waals surface area contributed by atoms with Crippen LogP contribution in [0.2, 0.25) is 5.02 Å². The van der Waals surface area contributed by atoms with Crippen LogP contribution in [0.15, 0.2) is 12.1 Å². The van der Waals surface area contributed by atoms with Gasteiger partial charge in [-0.1, -0.05) is 11.6 Å². The van der Waals surface area contributed by atoms with Gasteiger partial charge in [0, 0.05) is 10.6 Å². The number of phenolic OH excluding ortho intramolecular Hbond substituents is 1. The first kappa shape index (κ1) is 8.85. The number of phenols is 1. The maximum atomic E-state index is 9.40. The van der Waals surface area contributed by atoms with Gasteiger partial charge in [-0.05, 0) is 43.0 Å². The first-order valence-electron chi connectivity index (χ1n) is 4.31. The van der Waals surface area contributed by atoms with Gasteiger partial charge in [-0.3, -0.25) is 0 Å². The summed E-state index contributed by atoms with van der Waals surface area (Å²) < 4.78 is 0. The fourth-order valence-electron chi connectivity index (χ4n) is 1.52. The minimum absolute atomic E-state index is 0.244. The predicted molar refractivity (Wildman–Crippen MR) is 53.0 cm³/mol. The Morgan fingerprint density at radius 1 is 1.46 bits per heavy atom. The van der Waals surface area contributed by atoms with E-state index in [2.05, 4.69) is 0 Å². The van der Waals surface area contributed by atoms with Gasteiger partial charge in [-0.15, -0.1) is 0 Å². The summed E-state index contributed by atoms with van der Waals surface area (Å²) in [5.74, 6) is 0.244. The van der Waals surface area contributed by atoms with E-state index in [9.17, 15) is 5.11 Å². The molecule has 1 aromatic rings. The van der Waals surface area contributed by atoms with Crippen LogP contribution in [0.25, 0.3) is 0 Å². The molecule has 0 amide bonds. The van der Waals surface area contributed by atoms with Gasteiger partial charge in [-0.2, -0.15) is 0 Å². The normalized spacial score (nSPS) is 18.7. The van der Waals surface area contributed by atoms with E-state index in [1.807, 2.05) is 6.92 Å². The van der Waals surface area contributed by atoms with Crippen molar-refractivity contribution < 1.29 is 5.11 Å². The maximum Gasteiger partial charge on any atom is 0.116 e. The molecule has 0 atom stereocenters. The Hall–Kier alpha value is -0.730. The molecule has 0 aliphatic heterocycles. The van der Waals surface area contributed by atoms with E-state index in [1.54, 1.807) is 12.1 Å². The zero-order valence-corrected chi connectivity index (χ0v) is 8.23. The van der Waals surface area contributed by atoms with Crippen LogP contribution in [0, 0.1) is 6.92 Å². The molecule has 1 fully saturated rings. The Labute approximate surface area is 82.3 Å². The Bertz CT molecular complexity index is 358. The molecule has 3 heteroatoms. The van der Waals surface area contributed by atoms with Crippen LogP contribution in [-0.4, -0.2) is 5.11 Å². The highest BCUT2D eigenvalue weighted by Crippen LogP contribution is 2.47. The summed E-state index contributed by atoms with van der Waals surface area (Å²) in [6.07, 6.45) is 1.91. The number of nitrogens with two attached hydrogens (primary N) is 1. The van der Waals surface area contributed by atoms with Crippen molar-refractivity contribution in [1.29, 1.82) is 0 Å². The van der Waals surface area contributed by atoms with Crippen LogP contribution in [0.3, 0.4) is 0 Å². The predicted octanol–water partition coefficient (Wildman–Crippen LogP) is 2.30. The largest absolute Gasteiger partial charge is 0.508 e. The van der Waals surface area contributed by atoms with Gasteiger partial charge in [-0.25, -0.2) is 0 Å². The molecule has 0 radical (unpaired) electrons. The van der Waals surface area contributed by atoms with Crippen molar-refractivity contribution in [3.8, 4) is 5.75 Å². The molecule has 1 aromatic carbocycles. The van der Waals surface area contributed by atoms with Gasteiger partial charge in [0.05, 0.1) is 0 Å². The molecule has 0 unspecified atom stereocenters. The number of halogens is 1. The average molecular weight is 198 g/mol. The van der Waals surface area contributed by atoms with Gasteiger partial charge in [0.2, 0.25) is 0 Å². The molecule has 0 bridgehead atoms. The third kappa shape index (κ3) is 1.40. The SMILES string of the molecule is Cc1cc(O)cc(C2(N)CC2)c1Cl. The average Bonchev–Trinajstić information content (AvgIpc) is 2.77. The molecule has 13 heavy (non-hydrogen) atoms. The van der Waals surface area contributed by atoms with Crippen LogP contribution in [0.1, 0.15) is 24.0 Å². The number of aryl methyl sites for hydroxylation is 1. The lowest BCUT2D eigenvalue weighted by Crippen LogP contribution is -2.19. The Morgan fingerprint density at radius 3 is 2.62 bits per heavy atom. The molecule has 1 aliphatic carbocycles. The molecule has 3 N–H and O–H groups in total. The number of aromatic hydroxyl groups is 1. The van der Waals surface area contributed by atoms with Crippen molar-refractivity contribution in [1.82, 2.24) is 0 Å². The molecule has 1 aliphatic rings. The van der Waals surface area contributed by atoms with E-state index in [0.29, 0.717) is 5.02 Å². The van der Waals surface area contributed by atoms with Crippen LogP contribution in [0.4, 0.5) is 0 Å². The fourth-order valence-corrected chi connectivity index (χ4v) is 1.81. The number of benzene rings is 1. The van der Waals surface area contributed by atoms with E-state index in [1.165, 1.54) is 0 Å². The van der Waals surface area contributed by atoms with E-state index in [0.717, 1.165) is 24.0 Å². The monoisotopic (exact) mass is 197 g/mol. The fraction of sp³-hybridized carbons (Fsp3) is 0.400. The van der Waals surface area contributed by atoms with Crippen molar-refractivity contribution in [3.63, 3.8) is 0 Å². The summed E-state index contributed by atoms with van der Waals surface area (Å²) in [4.78, 5) is 0. The summed E-state index contributed by atoms with van der Waals surface area (Å²) in [6, 6.07) is 3.32. The van der Waals surface area contributed by atoms with E-state index in [-0.39, 0.29) is 11.3 Å². The third-order valence-electron chi connectivity index (χ3n) is 2.56. The highest BCUT2D eigenvalue weighted by Gasteiger charge is 2.42. The molecule has 0 heterocycles. The van der Waals surface area contributed by atoms with Crippen molar-refractivity contribution >= 4 is 11.6 Å². The molecule has 2 nitrogen and oxygen atoms in total. The zero-order chi connectivity index (χ0) is 9.64. The highest BCUT2D eigenvalue weighted by molar-refractivity contribution is 6.32. The highest BCUT2D eigenvalue weighted by atomic mass is 35.5. The summed E-state index contributed by atoms with van der Waals surface area (Å²) in [7, 11) is 0. The molecule has 2 rings (SSSR count). The molecule has 1 saturated carbocycles. The quantitative estimate of drug-likeness (QED) is 0.726. The lowest BCUT2D eigenvalue weighted by molar-refractivity contribution is 0.473. The van der Waals surface area contributed by atoms with Gasteiger partial charge >= 0.3 is 0 Å². The van der Waals surface area contributed by atoms with Crippen molar-refractivity contribution in [3.05, 3.63) is 28.3 Å². The summed E-state index contributed by atoms with van der Waals surface area (Å²) >= 11 is 6.10. The minimum Gasteiger partial charge on any atom is -0.508 e. The van der Waals surface area contributed by atoms with Crippen LogP contribution in [0.5, 0.6) is 5.75 Å². The topological polar surface area (TPSA) is 46.2 Å². The van der Waals surface area contributed by atoms with E-state index in [4.69, 9.17) is 17.3 Å². The zero-order valence-electron chi connectivity index (χ0n) is 7.47. The standard InChI is InChI=1S/C10H12ClNO/c1-6-4-7(13)5-8(9(6)11)10(12)2-3-10/h4-5,13H,2-3,12H2,1H3. The summed E-state index contributed by atoms with van der Waals surface area (Å²) in [6.45, 7) is 1.87. The second-order valence-electron chi connectivity index (χ2n) is 3.78. The van der Waals surface area contributed by atoms with Crippen molar-refractivity contribution in [2.75, 3.05) is 0 Å². The summed E-state index contributed by atoms with van der Waals surface area (Å²) in [5, 5.41) is 10.1. The van der Waals surface area contributed by atoms with Crippen molar-refractivity contribution in [2.45, 2.75) is 25.3 Å². The molecule has 0 aromatic heterocycles. The third-order valence-corrected chi connectivity index (χ3v) is 3.07.